The average Bonchev–Trinajstić information content (AvgIpc) is 3.17. The summed E-state index contributed by atoms with van der Waals surface area (Å²) in [5, 5.41) is 23.1. The summed E-state index contributed by atoms with van der Waals surface area (Å²) >= 11 is 0. The highest BCUT2D eigenvalue weighted by Gasteiger charge is 2.42. The minimum Gasteiger partial charge on any atom is -0.595 e. The van der Waals surface area contributed by atoms with Crippen molar-refractivity contribution in [2.24, 2.45) is 0 Å². The van der Waals surface area contributed by atoms with E-state index >= 15 is 0 Å². The third-order valence-corrected chi connectivity index (χ3v) is 6.13. The molecule has 27 heavy (non-hydrogen) atoms. The van der Waals surface area contributed by atoms with Crippen LogP contribution in [0.5, 0.6) is 11.5 Å². The fourth-order valence-electron chi connectivity index (χ4n) is 4.71. The smallest absolute Gasteiger partial charge is 0.163 e. The van der Waals surface area contributed by atoms with Crippen LogP contribution < -0.4 is 20.0 Å². The number of quaternary nitrogens is 1. The van der Waals surface area contributed by atoms with Crippen LogP contribution in [-0.4, -0.2) is 26.0 Å². The molecule has 2 unspecified atom stereocenters. The Morgan fingerprint density at radius 3 is 2.30 bits per heavy atom. The Labute approximate surface area is 159 Å². The van der Waals surface area contributed by atoms with Crippen LogP contribution >= 0.6 is 0 Å². The van der Waals surface area contributed by atoms with Gasteiger partial charge in [-0.2, -0.15) is 5.23 Å². The maximum absolute atomic E-state index is 11.2. The average molecular weight is 370 g/mol. The second-order valence-corrected chi connectivity index (χ2v) is 7.52. The Morgan fingerprint density at radius 2 is 1.70 bits per heavy atom. The molecule has 2 atom stereocenters. The molecule has 1 aliphatic heterocycles. The SMILES string of the molecule is COc1cc2c(cc1OC)C1(CCCC1)CNC2c1ccc([NH+]([O-])O)cc1. The van der Waals surface area contributed by atoms with E-state index in [0.717, 1.165) is 23.6 Å². The topological polar surface area (TPSA) is 78.2 Å². The lowest BCUT2D eigenvalue weighted by molar-refractivity contribution is -0.991. The van der Waals surface area contributed by atoms with E-state index in [0.29, 0.717) is 5.69 Å². The minimum atomic E-state index is -0.908. The van der Waals surface area contributed by atoms with Crippen LogP contribution in [0.2, 0.25) is 0 Å². The molecule has 6 nitrogen and oxygen atoms in total. The van der Waals surface area contributed by atoms with Gasteiger partial charge in [-0.05, 0) is 41.7 Å². The lowest BCUT2D eigenvalue weighted by Crippen LogP contribution is -2.99. The van der Waals surface area contributed by atoms with Gasteiger partial charge in [-0.3, -0.25) is 0 Å². The molecular weight excluding hydrogens is 344 g/mol. The first-order valence-electron chi connectivity index (χ1n) is 9.41. The van der Waals surface area contributed by atoms with Crippen molar-refractivity contribution in [3.8, 4) is 11.5 Å². The molecule has 0 radical (unpaired) electrons. The molecule has 4 rings (SSSR count). The molecule has 2 aromatic carbocycles. The Kier molecular flexibility index (Phi) is 4.82. The molecule has 0 aromatic heterocycles. The van der Waals surface area contributed by atoms with E-state index in [9.17, 15) is 5.21 Å². The molecule has 6 heteroatoms. The van der Waals surface area contributed by atoms with Gasteiger partial charge in [-0.1, -0.05) is 25.0 Å². The second-order valence-electron chi connectivity index (χ2n) is 7.52. The summed E-state index contributed by atoms with van der Waals surface area (Å²) in [6.07, 6.45) is 4.83. The van der Waals surface area contributed by atoms with Gasteiger partial charge in [-0.15, -0.1) is 0 Å². The van der Waals surface area contributed by atoms with E-state index < -0.39 is 5.23 Å². The summed E-state index contributed by atoms with van der Waals surface area (Å²) < 4.78 is 11.1. The first kappa shape index (κ1) is 18.3. The van der Waals surface area contributed by atoms with Gasteiger partial charge in [0.05, 0.1) is 20.3 Å². The molecule has 1 saturated carbocycles. The highest BCUT2D eigenvalue weighted by molar-refractivity contribution is 5.55. The van der Waals surface area contributed by atoms with Gasteiger partial charge in [0, 0.05) is 24.1 Å². The van der Waals surface area contributed by atoms with Gasteiger partial charge >= 0.3 is 0 Å². The summed E-state index contributed by atoms with van der Waals surface area (Å²) in [6, 6.07) is 11.4. The van der Waals surface area contributed by atoms with Crippen molar-refractivity contribution in [1.82, 2.24) is 5.32 Å². The van der Waals surface area contributed by atoms with Crippen molar-refractivity contribution in [2.75, 3.05) is 20.8 Å². The van der Waals surface area contributed by atoms with Crippen molar-refractivity contribution in [2.45, 2.75) is 37.1 Å². The predicted octanol–water partition coefficient (Wildman–Crippen LogP) is 2.61. The van der Waals surface area contributed by atoms with Crippen molar-refractivity contribution in [3.05, 3.63) is 58.3 Å². The van der Waals surface area contributed by atoms with Gasteiger partial charge in [0.25, 0.3) is 0 Å². The van der Waals surface area contributed by atoms with Gasteiger partial charge in [-0.25, -0.2) is 5.21 Å². The molecule has 2 aromatic rings. The van der Waals surface area contributed by atoms with E-state index in [1.165, 1.54) is 36.8 Å². The third-order valence-electron chi connectivity index (χ3n) is 6.13. The summed E-state index contributed by atoms with van der Waals surface area (Å²) in [5.74, 6) is 1.49. The van der Waals surface area contributed by atoms with E-state index in [-0.39, 0.29) is 11.5 Å². The number of nitrogens with one attached hydrogen (secondary N) is 2. The number of hydrogen-bond donors (Lipinski definition) is 3. The lowest BCUT2D eigenvalue weighted by atomic mass is 9.71. The van der Waals surface area contributed by atoms with E-state index in [1.807, 2.05) is 12.1 Å². The molecule has 2 aliphatic rings. The van der Waals surface area contributed by atoms with Crippen molar-refractivity contribution >= 4 is 5.69 Å². The lowest BCUT2D eigenvalue weighted by Gasteiger charge is -2.41. The molecule has 0 bridgehead atoms. The van der Waals surface area contributed by atoms with E-state index in [4.69, 9.17) is 14.7 Å². The summed E-state index contributed by atoms with van der Waals surface area (Å²) in [7, 11) is 3.33. The van der Waals surface area contributed by atoms with Crippen LogP contribution in [0.25, 0.3) is 0 Å². The van der Waals surface area contributed by atoms with Crippen LogP contribution in [0.4, 0.5) is 5.69 Å². The summed E-state index contributed by atoms with van der Waals surface area (Å²) in [6.45, 7) is 0.917. The van der Waals surface area contributed by atoms with E-state index in [2.05, 4.69) is 17.4 Å². The first-order chi connectivity index (χ1) is 13.1. The highest BCUT2D eigenvalue weighted by atomic mass is 16.8. The summed E-state index contributed by atoms with van der Waals surface area (Å²) in [5.41, 5.74) is 4.04. The zero-order valence-corrected chi connectivity index (χ0v) is 15.7. The Morgan fingerprint density at radius 1 is 1.07 bits per heavy atom. The number of benzene rings is 2. The molecule has 144 valence electrons. The monoisotopic (exact) mass is 370 g/mol. The Balaban J connectivity index is 1.82. The molecule has 1 fully saturated rings. The zero-order chi connectivity index (χ0) is 19.0. The molecular formula is C21H26N2O4. The molecule has 1 spiro atoms. The van der Waals surface area contributed by atoms with Crippen molar-refractivity contribution in [1.29, 1.82) is 0 Å². The van der Waals surface area contributed by atoms with Crippen LogP contribution in [-0.2, 0) is 5.41 Å². The molecule has 0 saturated heterocycles. The number of rotatable bonds is 4. The number of ether oxygens (including phenoxy) is 2. The quantitative estimate of drug-likeness (QED) is 0.721. The standard InChI is InChI=1S/C21H26N2O4/c1-26-18-11-16-17(12-19(18)27-2)21(9-3-4-10-21)13-22-20(16)14-5-7-15(8-6-14)23(24)25/h5-8,11-12,20,22-24H,3-4,9-10,13H2,1-2H3. The third kappa shape index (κ3) is 3.08. The largest absolute Gasteiger partial charge is 0.595 e. The van der Waals surface area contributed by atoms with Crippen molar-refractivity contribution in [3.63, 3.8) is 0 Å². The summed E-state index contributed by atoms with van der Waals surface area (Å²) in [4.78, 5) is 0. The molecule has 1 heterocycles. The Bertz CT molecular complexity index is 814. The van der Waals surface area contributed by atoms with Gasteiger partial charge in [0.15, 0.2) is 17.2 Å². The normalized spacial score (nSPS) is 21.7. The number of methoxy groups -OCH3 is 2. The fraction of sp³-hybridized carbons (Fsp3) is 0.429. The van der Waals surface area contributed by atoms with Crippen LogP contribution in [0.1, 0.15) is 48.4 Å². The van der Waals surface area contributed by atoms with Crippen molar-refractivity contribution < 1.29 is 19.9 Å². The second kappa shape index (κ2) is 7.13. The van der Waals surface area contributed by atoms with E-state index in [1.54, 1.807) is 26.4 Å². The van der Waals surface area contributed by atoms with Gasteiger partial charge in [0.2, 0.25) is 0 Å². The van der Waals surface area contributed by atoms with Gasteiger partial charge in [0.1, 0.15) is 0 Å². The highest BCUT2D eigenvalue weighted by Crippen LogP contribution is 2.50. The van der Waals surface area contributed by atoms with Crippen LogP contribution in [0.15, 0.2) is 36.4 Å². The first-order valence-corrected chi connectivity index (χ1v) is 9.41. The zero-order valence-electron chi connectivity index (χ0n) is 15.7. The van der Waals surface area contributed by atoms with Crippen LogP contribution in [0.3, 0.4) is 0 Å². The van der Waals surface area contributed by atoms with Gasteiger partial charge < -0.3 is 20.0 Å². The molecule has 1 aliphatic carbocycles. The van der Waals surface area contributed by atoms with Crippen LogP contribution in [0, 0.1) is 5.21 Å². The molecule has 0 amide bonds. The maximum Gasteiger partial charge on any atom is 0.163 e. The predicted molar refractivity (Wildman–Crippen MR) is 102 cm³/mol. The maximum atomic E-state index is 11.2. The fourth-order valence-corrected chi connectivity index (χ4v) is 4.71. The minimum absolute atomic E-state index is 0.00822. The number of fused-ring (bicyclic) bond motifs is 2. The molecule has 3 N–H and O–H groups in total. The Hall–Kier alpha value is -2.12. The number of hydrogen-bond acceptors (Lipinski definition) is 5.